The standard InChI is InChI=1S/C9H20O2/c1-4-11-6-5-9(7-10)8(2)3/h8-10H,4-7H2,1-3H3. The van der Waals surface area contributed by atoms with Gasteiger partial charge in [0.25, 0.3) is 0 Å². The van der Waals surface area contributed by atoms with E-state index in [4.69, 9.17) is 9.84 Å². The molecule has 0 aromatic rings. The van der Waals surface area contributed by atoms with Crippen LogP contribution in [0.2, 0.25) is 0 Å². The van der Waals surface area contributed by atoms with Crippen LogP contribution >= 0.6 is 0 Å². The van der Waals surface area contributed by atoms with Gasteiger partial charge >= 0.3 is 0 Å². The van der Waals surface area contributed by atoms with Gasteiger partial charge in [-0.1, -0.05) is 13.8 Å². The van der Waals surface area contributed by atoms with E-state index in [2.05, 4.69) is 13.8 Å². The Bertz CT molecular complexity index is 81.6. The summed E-state index contributed by atoms with van der Waals surface area (Å²) >= 11 is 0. The number of ether oxygens (including phenoxy) is 1. The maximum Gasteiger partial charge on any atom is 0.0469 e. The molecule has 0 fully saturated rings. The van der Waals surface area contributed by atoms with E-state index in [1.807, 2.05) is 6.92 Å². The van der Waals surface area contributed by atoms with E-state index in [9.17, 15) is 0 Å². The second-order valence-corrected chi connectivity index (χ2v) is 3.17. The van der Waals surface area contributed by atoms with Gasteiger partial charge in [-0.3, -0.25) is 0 Å². The van der Waals surface area contributed by atoms with Crippen LogP contribution in [0.3, 0.4) is 0 Å². The van der Waals surface area contributed by atoms with E-state index in [0.717, 1.165) is 19.6 Å². The zero-order valence-corrected chi connectivity index (χ0v) is 7.84. The average molecular weight is 160 g/mol. The minimum atomic E-state index is 0.282. The fourth-order valence-corrected chi connectivity index (χ4v) is 1.01. The Hall–Kier alpha value is -0.0800. The molecule has 0 saturated heterocycles. The zero-order valence-electron chi connectivity index (χ0n) is 7.84. The van der Waals surface area contributed by atoms with Gasteiger partial charge in [0.2, 0.25) is 0 Å². The Morgan fingerprint density at radius 2 is 2.00 bits per heavy atom. The van der Waals surface area contributed by atoms with Crippen molar-refractivity contribution in [3.63, 3.8) is 0 Å². The SMILES string of the molecule is CCOCCC(CO)C(C)C. The van der Waals surface area contributed by atoms with Crippen molar-refractivity contribution in [1.82, 2.24) is 0 Å². The lowest BCUT2D eigenvalue weighted by molar-refractivity contribution is 0.101. The van der Waals surface area contributed by atoms with Gasteiger partial charge in [0, 0.05) is 19.8 Å². The molecule has 1 N–H and O–H groups in total. The van der Waals surface area contributed by atoms with Crippen LogP contribution < -0.4 is 0 Å². The third kappa shape index (κ3) is 5.22. The first-order valence-corrected chi connectivity index (χ1v) is 4.41. The molecule has 1 unspecified atom stereocenters. The van der Waals surface area contributed by atoms with E-state index < -0.39 is 0 Å². The van der Waals surface area contributed by atoms with E-state index in [1.54, 1.807) is 0 Å². The van der Waals surface area contributed by atoms with E-state index in [-0.39, 0.29) is 6.61 Å². The molecule has 0 aromatic carbocycles. The van der Waals surface area contributed by atoms with Crippen LogP contribution in [0.1, 0.15) is 27.2 Å². The molecular weight excluding hydrogens is 140 g/mol. The molecule has 0 aromatic heterocycles. The van der Waals surface area contributed by atoms with Gasteiger partial charge in [0.15, 0.2) is 0 Å². The second kappa shape index (κ2) is 6.62. The van der Waals surface area contributed by atoms with E-state index >= 15 is 0 Å². The van der Waals surface area contributed by atoms with Crippen molar-refractivity contribution >= 4 is 0 Å². The first-order valence-electron chi connectivity index (χ1n) is 4.41. The van der Waals surface area contributed by atoms with Gasteiger partial charge in [-0.15, -0.1) is 0 Å². The van der Waals surface area contributed by atoms with E-state index in [0.29, 0.717) is 11.8 Å². The molecule has 2 heteroatoms. The molecule has 11 heavy (non-hydrogen) atoms. The van der Waals surface area contributed by atoms with Crippen molar-refractivity contribution in [3.8, 4) is 0 Å². The number of hydrogen-bond donors (Lipinski definition) is 1. The molecule has 0 aliphatic carbocycles. The van der Waals surface area contributed by atoms with Crippen molar-refractivity contribution in [2.24, 2.45) is 11.8 Å². The minimum Gasteiger partial charge on any atom is -0.396 e. The molecule has 0 radical (unpaired) electrons. The Morgan fingerprint density at radius 1 is 1.36 bits per heavy atom. The molecule has 0 rings (SSSR count). The minimum absolute atomic E-state index is 0.282. The number of aliphatic hydroxyl groups is 1. The highest BCUT2D eigenvalue weighted by molar-refractivity contribution is 4.60. The van der Waals surface area contributed by atoms with Gasteiger partial charge in [-0.05, 0) is 25.2 Å². The van der Waals surface area contributed by atoms with Gasteiger partial charge < -0.3 is 9.84 Å². The van der Waals surface area contributed by atoms with Crippen molar-refractivity contribution < 1.29 is 9.84 Å². The lowest BCUT2D eigenvalue weighted by Crippen LogP contribution is -2.15. The summed E-state index contributed by atoms with van der Waals surface area (Å²) in [5.41, 5.74) is 0. The topological polar surface area (TPSA) is 29.5 Å². The van der Waals surface area contributed by atoms with E-state index in [1.165, 1.54) is 0 Å². The maximum atomic E-state index is 8.94. The van der Waals surface area contributed by atoms with Gasteiger partial charge in [0.05, 0.1) is 0 Å². The van der Waals surface area contributed by atoms with Crippen LogP contribution in [0.25, 0.3) is 0 Å². The lowest BCUT2D eigenvalue weighted by atomic mass is 9.94. The molecule has 2 nitrogen and oxygen atoms in total. The molecule has 0 saturated carbocycles. The van der Waals surface area contributed by atoms with Crippen molar-refractivity contribution in [2.45, 2.75) is 27.2 Å². The monoisotopic (exact) mass is 160 g/mol. The maximum absolute atomic E-state index is 8.94. The summed E-state index contributed by atoms with van der Waals surface area (Å²) in [6, 6.07) is 0. The van der Waals surface area contributed by atoms with Gasteiger partial charge in [0.1, 0.15) is 0 Å². The molecule has 0 spiro atoms. The van der Waals surface area contributed by atoms with Crippen LogP contribution in [0.5, 0.6) is 0 Å². The molecule has 0 amide bonds. The normalized spacial score (nSPS) is 13.9. The summed E-state index contributed by atoms with van der Waals surface area (Å²) in [6.07, 6.45) is 0.974. The predicted octanol–water partition coefficient (Wildman–Crippen LogP) is 1.68. The van der Waals surface area contributed by atoms with Crippen molar-refractivity contribution in [1.29, 1.82) is 0 Å². The summed E-state index contributed by atoms with van der Waals surface area (Å²) in [5.74, 6) is 0.960. The van der Waals surface area contributed by atoms with Crippen LogP contribution in [0.15, 0.2) is 0 Å². The summed E-state index contributed by atoms with van der Waals surface area (Å²) in [6.45, 7) is 8.09. The third-order valence-electron chi connectivity index (χ3n) is 2.01. The molecule has 0 heterocycles. The number of hydrogen-bond acceptors (Lipinski definition) is 2. The average Bonchev–Trinajstić information content (AvgIpc) is 1.97. The third-order valence-corrected chi connectivity index (χ3v) is 2.01. The molecule has 0 bridgehead atoms. The molecule has 0 aliphatic heterocycles. The number of rotatable bonds is 6. The molecule has 0 aliphatic rings. The predicted molar refractivity (Wildman–Crippen MR) is 46.5 cm³/mol. The summed E-state index contributed by atoms with van der Waals surface area (Å²) in [7, 11) is 0. The summed E-state index contributed by atoms with van der Waals surface area (Å²) in [4.78, 5) is 0. The largest absolute Gasteiger partial charge is 0.396 e. The smallest absolute Gasteiger partial charge is 0.0469 e. The van der Waals surface area contributed by atoms with Crippen LogP contribution in [0, 0.1) is 11.8 Å². The number of aliphatic hydroxyl groups excluding tert-OH is 1. The molecule has 68 valence electrons. The first-order chi connectivity index (χ1) is 5.22. The van der Waals surface area contributed by atoms with Gasteiger partial charge in [-0.2, -0.15) is 0 Å². The Morgan fingerprint density at radius 3 is 2.36 bits per heavy atom. The zero-order chi connectivity index (χ0) is 8.69. The second-order valence-electron chi connectivity index (χ2n) is 3.17. The first kappa shape index (κ1) is 10.9. The highest BCUT2D eigenvalue weighted by Gasteiger charge is 2.10. The van der Waals surface area contributed by atoms with Crippen LogP contribution in [0.4, 0.5) is 0 Å². The quantitative estimate of drug-likeness (QED) is 0.599. The Labute approximate surface area is 69.6 Å². The van der Waals surface area contributed by atoms with Crippen molar-refractivity contribution in [3.05, 3.63) is 0 Å². The Balaban J connectivity index is 3.36. The highest BCUT2D eigenvalue weighted by atomic mass is 16.5. The Kier molecular flexibility index (Phi) is 6.57. The molecule has 1 atom stereocenters. The fourth-order valence-electron chi connectivity index (χ4n) is 1.01. The summed E-state index contributed by atoms with van der Waals surface area (Å²) < 4.78 is 5.20. The molecular formula is C9H20O2. The highest BCUT2D eigenvalue weighted by Crippen LogP contribution is 2.13. The lowest BCUT2D eigenvalue weighted by Gasteiger charge is -2.17. The van der Waals surface area contributed by atoms with Crippen LogP contribution in [-0.4, -0.2) is 24.9 Å². The van der Waals surface area contributed by atoms with Gasteiger partial charge in [-0.25, -0.2) is 0 Å². The fraction of sp³-hybridized carbons (Fsp3) is 1.00. The van der Waals surface area contributed by atoms with Crippen molar-refractivity contribution in [2.75, 3.05) is 19.8 Å². The van der Waals surface area contributed by atoms with Crippen LogP contribution in [-0.2, 0) is 4.74 Å². The summed E-state index contributed by atoms with van der Waals surface area (Å²) in [5, 5.41) is 8.94.